The van der Waals surface area contributed by atoms with Crippen LogP contribution < -0.4 is 33.9 Å². The van der Waals surface area contributed by atoms with Crippen LogP contribution in [-0.2, 0) is 9.59 Å². The summed E-state index contributed by atoms with van der Waals surface area (Å²) in [5.74, 6) is 2.38. The van der Waals surface area contributed by atoms with Crippen LogP contribution in [-0.4, -0.2) is 58.9 Å². The van der Waals surface area contributed by atoms with Crippen molar-refractivity contribution in [3.8, 4) is 28.7 Å². The second-order valence-corrected chi connectivity index (χ2v) is 7.53. The Labute approximate surface area is 191 Å². The van der Waals surface area contributed by atoms with Crippen molar-refractivity contribution in [2.24, 2.45) is 0 Å². The van der Waals surface area contributed by atoms with Gasteiger partial charge >= 0.3 is 0 Å². The number of rotatable bonds is 7. The lowest BCUT2D eigenvalue weighted by atomic mass is 10.1. The standard InChI is InChI=1S/C24H26N2O7/c1-29-20-10-15(11-21(30-2)24(20)31-3)4-7-22(27)25-16-12-23(28)26(14-16)17-5-6-18-19(13-17)33-9-8-32-18/h4-7,10-11,13,16H,8-9,12,14H2,1-3H3,(H,25,27)/b7-4+/t16-/m0/s1. The summed E-state index contributed by atoms with van der Waals surface area (Å²) < 4.78 is 27.1. The van der Waals surface area contributed by atoms with E-state index in [2.05, 4.69) is 5.32 Å². The lowest BCUT2D eigenvalue weighted by Crippen LogP contribution is -2.36. The van der Waals surface area contributed by atoms with Crippen LogP contribution in [0.1, 0.15) is 12.0 Å². The van der Waals surface area contributed by atoms with E-state index in [1.54, 1.807) is 35.2 Å². The van der Waals surface area contributed by atoms with Crippen molar-refractivity contribution < 1.29 is 33.3 Å². The van der Waals surface area contributed by atoms with Crippen LogP contribution in [0.3, 0.4) is 0 Å². The Morgan fingerprint density at radius 2 is 1.73 bits per heavy atom. The number of ether oxygens (including phenoxy) is 5. The van der Waals surface area contributed by atoms with E-state index < -0.39 is 0 Å². The average Bonchev–Trinajstić information content (AvgIpc) is 3.21. The van der Waals surface area contributed by atoms with Crippen LogP contribution in [0.5, 0.6) is 28.7 Å². The molecule has 33 heavy (non-hydrogen) atoms. The maximum absolute atomic E-state index is 12.6. The first-order valence-corrected chi connectivity index (χ1v) is 10.5. The van der Waals surface area contributed by atoms with Gasteiger partial charge in [0.2, 0.25) is 17.6 Å². The van der Waals surface area contributed by atoms with Crippen molar-refractivity contribution in [1.82, 2.24) is 5.32 Å². The number of methoxy groups -OCH3 is 3. The summed E-state index contributed by atoms with van der Waals surface area (Å²) in [6.07, 6.45) is 3.28. The molecular formula is C24H26N2O7. The molecule has 2 amide bonds. The number of amides is 2. The molecule has 174 valence electrons. The Morgan fingerprint density at radius 1 is 1.03 bits per heavy atom. The minimum atomic E-state index is -0.303. The minimum absolute atomic E-state index is 0.0643. The largest absolute Gasteiger partial charge is 0.493 e. The number of anilines is 1. The van der Waals surface area contributed by atoms with Crippen molar-refractivity contribution in [2.75, 3.05) is 46.0 Å². The van der Waals surface area contributed by atoms with Crippen LogP contribution in [0.25, 0.3) is 6.08 Å². The Balaban J connectivity index is 1.40. The summed E-state index contributed by atoms with van der Waals surface area (Å²) in [6, 6.07) is 8.59. The van der Waals surface area contributed by atoms with Crippen molar-refractivity contribution in [3.05, 3.63) is 42.0 Å². The van der Waals surface area contributed by atoms with E-state index >= 15 is 0 Å². The summed E-state index contributed by atoms with van der Waals surface area (Å²) in [4.78, 5) is 26.7. The summed E-state index contributed by atoms with van der Waals surface area (Å²) in [5, 5.41) is 2.89. The molecule has 2 aliphatic rings. The van der Waals surface area contributed by atoms with E-state index in [1.807, 2.05) is 6.07 Å². The number of hydrogen-bond acceptors (Lipinski definition) is 7. The average molecular weight is 454 g/mol. The highest BCUT2D eigenvalue weighted by atomic mass is 16.6. The number of carbonyl (C=O) groups is 2. The molecule has 2 aliphatic heterocycles. The maximum atomic E-state index is 12.6. The van der Waals surface area contributed by atoms with Gasteiger partial charge in [0.1, 0.15) is 13.2 Å². The lowest BCUT2D eigenvalue weighted by Gasteiger charge is -2.22. The quantitative estimate of drug-likeness (QED) is 0.642. The normalized spacial score (nSPS) is 17.2. The monoisotopic (exact) mass is 454 g/mol. The molecule has 2 aromatic carbocycles. The molecule has 0 aliphatic carbocycles. The van der Waals surface area contributed by atoms with Gasteiger partial charge in [0, 0.05) is 30.8 Å². The summed E-state index contributed by atoms with van der Waals surface area (Å²) in [6.45, 7) is 1.36. The first-order chi connectivity index (χ1) is 16.0. The van der Waals surface area contributed by atoms with Crippen LogP contribution in [0.4, 0.5) is 5.69 Å². The van der Waals surface area contributed by atoms with Gasteiger partial charge < -0.3 is 33.9 Å². The van der Waals surface area contributed by atoms with E-state index in [1.165, 1.54) is 27.4 Å². The maximum Gasteiger partial charge on any atom is 0.244 e. The van der Waals surface area contributed by atoms with E-state index in [9.17, 15) is 9.59 Å². The van der Waals surface area contributed by atoms with Crippen LogP contribution >= 0.6 is 0 Å². The molecule has 0 bridgehead atoms. The number of nitrogens with zero attached hydrogens (tertiary/aromatic N) is 1. The fraction of sp³-hybridized carbons (Fsp3) is 0.333. The first kappa shape index (κ1) is 22.3. The Morgan fingerprint density at radius 3 is 2.39 bits per heavy atom. The van der Waals surface area contributed by atoms with Gasteiger partial charge in [0.25, 0.3) is 0 Å². The Kier molecular flexibility index (Phi) is 6.58. The van der Waals surface area contributed by atoms with Gasteiger partial charge in [-0.05, 0) is 35.9 Å². The highest BCUT2D eigenvalue weighted by Crippen LogP contribution is 2.38. The molecule has 2 heterocycles. The van der Waals surface area contributed by atoms with E-state index in [-0.39, 0.29) is 24.3 Å². The van der Waals surface area contributed by atoms with Gasteiger partial charge in [-0.3, -0.25) is 9.59 Å². The van der Waals surface area contributed by atoms with Crippen LogP contribution in [0.15, 0.2) is 36.4 Å². The molecule has 0 saturated carbocycles. The molecule has 1 N–H and O–H groups in total. The van der Waals surface area contributed by atoms with Gasteiger partial charge in [-0.2, -0.15) is 0 Å². The highest BCUT2D eigenvalue weighted by molar-refractivity contribution is 5.98. The lowest BCUT2D eigenvalue weighted by molar-refractivity contribution is -0.117. The topological polar surface area (TPSA) is 95.6 Å². The fourth-order valence-corrected chi connectivity index (χ4v) is 3.87. The molecule has 9 nitrogen and oxygen atoms in total. The van der Waals surface area contributed by atoms with Gasteiger partial charge in [0.05, 0.1) is 27.4 Å². The van der Waals surface area contributed by atoms with Crippen LogP contribution in [0, 0.1) is 0 Å². The van der Waals surface area contributed by atoms with Crippen molar-refractivity contribution in [1.29, 1.82) is 0 Å². The van der Waals surface area contributed by atoms with Gasteiger partial charge in [-0.15, -0.1) is 0 Å². The van der Waals surface area contributed by atoms with Crippen molar-refractivity contribution >= 4 is 23.6 Å². The number of benzene rings is 2. The second-order valence-electron chi connectivity index (χ2n) is 7.53. The molecular weight excluding hydrogens is 428 g/mol. The van der Waals surface area contributed by atoms with Gasteiger partial charge in [-0.25, -0.2) is 0 Å². The second kappa shape index (κ2) is 9.72. The zero-order valence-corrected chi connectivity index (χ0v) is 18.8. The molecule has 1 atom stereocenters. The number of nitrogens with one attached hydrogen (secondary N) is 1. The molecule has 9 heteroatoms. The third-order valence-electron chi connectivity index (χ3n) is 5.42. The van der Waals surface area contributed by atoms with Crippen molar-refractivity contribution in [2.45, 2.75) is 12.5 Å². The molecule has 4 rings (SSSR count). The minimum Gasteiger partial charge on any atom is -0.493 e. The molecule has 0 aromatic heterocycles. The Hall–Kier alpha value is -3.88. The van der Waals surface area contributed by atoms with Gasteiger partial charge in [-0.1, -0.05) is 0 Å². The predicted molar refractivity (Wildman–Crippen MR) is 121 cm³/mol. The number of fused-ring (bicyclic) bond motifs is 1. The zero-order valence-electron chi connectivity index (χ0n) is 18.8. The SMILES string of the molecule is COc1cc(/C=C/C(=O)N[C@H]2CC(=O)N(c3ccc4c(c3)OCCO4)C2)cc(OC)c1OC. The number of hydrogen-bond donors (Lipinski definition) is 1. The zero-order chi connectivity index (χ0) is 23.4. The summed E-state index contributed by atoms with van der Waals surface area (Å²) >= 11 is 0. The molecule has 1 saturated heterocycles. The third-order valence-corrected chi connectivity index (χ3v) is 5.42. The van der Waals surface area contributed by atoms with E-state index in [0.29, 0.717) is 59.8 Å². The summed E-state index contributed by atoms with van der Waals surface area (Å²) in [7, 11) is 4.59. The smallest absolute Gasteiger partial charge is 0.244 e. The van der Waals surface area contributed by atoms with Gasteiger partial charge in [0.15, 0.2) is 23.0 Å². The molecule has 0 radical (unpaired) electrons. The number of carbonyl (C=O) groups excluding carboxylic acids is 2. The molecule has 0 unspecified atom stereocenters. The Bertz CT molecular complexity index is 1060. The fourth-order valence-electron chi connectivity index (χ4n) is 3.87. The molecule has 2 aromatic rings. The summed E-state index contributed by atoms with van der Waals surface area (Å²) in [5.41, 5.74) is 1.43. The highest BCUT2D eigenvalue weighted by Gasteiger charge is 2.32. The van der Waals surface area contributed by atoms with E-state index in [4.69, 9.17) is 23.7 Å². The predicted octanol–water partition coefficient (Wildman–Crippen LogP) is 2.42. The van der Waals surface area contributed by atoms with E-state index in [0.717, 1.165) is 0 Å². The molecule has 1 fully saturated rings. The van der Waals surface area contributed by atoms with Crippen LogP contribution in [0.2, 0.25) is 0 Å². The molecule has 0 spiro atoms. The van der Waals surface area contributed by atoms with Crippen molar-refractivity contribution in [3.63, 3.8) is 0 Å². The third kappa shape index (κ3) is 4.82. The first-order valence-electron chi connectivity index (χ1n) is 10.5.